The SMILES string of the molecule is NC1CCN(C(=O)C2CCCCS2(=O)=O)CC1. The smallest absolute Gasteiger partial charge is 0.240 e. The highest BCUT2D eigenvalue weighted by molar-refractivity contribution is 7.92. The van der Waals surface area contributed by atoms with Crippen LogP contribution in [0.4, 0.5) is 0 Å². The maximum atomic E-state index is 12.2. The summed E-state index contributed by atoms with van der Waals surface area (Å²) in [5.41, 5.74) is 5.77. The first-order chi connectivity index (χ1) is 8.00. The number of hydrogen-bond donors (Lipinski definition) is 1. The number of sulfone groups is 1. The van der Waals surface area contributed by atoms with Crippen molar-refractivity contribution < 1.29 is 13.2 Å². The van der Waals surface area contributed by atoms with Crippen LogP contribution < -0.4 is 5.73 Å². The number of likely N-dealkylation sites (tertiary alicyclic amines) is 1. The molecule has 2 aliphatic rings. The summed E-state index contributed by atoms with van der Waals surface area (Å²) in [5.74, 6) is -0.0341. The normalized spacial score (nSPS) is 30.2. The summed E-state index contributed by atoms with van der Waals surface area (Å²) < 4.78 is 23.7. The zero-order chi connectivity index (χ0) is 12.5. The van der Waals surface area contributed by atoms with Crippen LogP contribution in [0, 0.1) is 0 Å². The molecule has 98 valence electrons. The summed E-state index contributed by atoms with van der Waals surface area (Å²) in [6.45, 7) is 1.21. The molecule has 2 aliphatic heterocycles. The molecule has 5 nitrogen and oxygen atoms in total. The van der Waals surface area contributed by atoms with E-state index in [1.807, 2.05) is 0 Å². The molecule has 2 N–H and O–H groups in total. The van der Waals surface area contributed by atoms with Gasteiger partial charge in [-0.1, -0.05) is 6.42 Å². The van der Waals surface area contributed by atoms with Crippen molar-refractivity contribution in [3.63, 3.8) is 0 Å². The first kappa shape index (κ1) is 12.8. The number of piperidine rings is 1. The van der Waals surface area contributed by atoms with Gasteiger partial charge in [0.1, 0.15) is 5.25 Å². The fraction of sp³-hybridized carbons (Fsp3) is 0.909. The minimum absolute atomic E-state index is 0.155. The predicted molar refractivity (Wildman–Crippen MR) is 65.2 cm³/mol. The van der Waals surface area contributed by atoms with Gasteiger partial charge in [0.15, 0.2) is 9.84 Å². The van der Waals surface area contributed by atoms with Crippen molar-refractivity contribution >= 4 is 15.7 Å². The van der Waals surface area contributed by atoms with E-state index >= 15 is 0 Å². The van der Waals surface area contributed by atoms with E-state index in [1.54, 1.807) is 4.90 Å². The number of carbonyl (C=O) groups is 1. The van der Waals surface area contributed by atoms with Gasteiger partial charge in [0.2, 0.25) is 5.91 Å². The summed E-state index contributed by atoms with van der Waals surface area (Å²) in [6, 6.07) is 0.155. The first-order valence-electron chi connectivity index (χ1n) is 6.26. The van der Waals surface area contributed by atoms with Gasteiger partial charge in [-0.3, -0.25) is 4.79 Å². The Bertz CT molecular complexity index is 386. The Morgan fingerprint density at radius 1 is 1.12 bits per heavy atom. The Hall–Kier alpha value is -0.620. The number of hydrogen-bond acceptors (Lipinski definition) is 4. The van der Waals surface area contributed by atoms with Crippen molar-refractivity contribution in [2.75, 3.05) is 18.8 Å². The monoisotopic (exact) mass is 260 g/mol. The van der Waals surface area contributed by atoms with E-state index < -0.39 is 15.1 Å². The van der Waals surface area contributed by atoms with Crippen molar-refractivity contribution in [2.45, 2.75) is 43.4 Å². The van der Waals surface area contributed by atoms with Crippen molar-refractivity contribution in [3.05, 3.63) is 0 Å². The van der Waals surface area contributed by atoms with Crippen molar-refractivity contribution in [3.8, 4) is 0 Å². The molecule has 1 unspecified atom stereocenters. The average molecular weight is 260 g/mol. The molecule has 0 radical (unpaired) electrons. The number of rotatable bonds is 1. The van der Waals surface area contributed by atoms with E-state index in [9.17, 15) is 13.2 Å². The van der Waals surface area contributed by atoms with Gasteiger partial charge in [-0.25, -0.2) is 8.42 Å². The van der Waals surface area contributed by atoms with Gasteiger partial charge >= 0.3 is 0 Å². The Morgan fingerprint density at radius 3 is 2.35 bits per heavy atom. The molecule has 2 saturated heterocycles. The minimum Gasteiger partial charge on any atom is -0.341 e. The molecule has 0 aromatic rings. The van der Waals surface area contributed by atoms with Crippen LogP contribution in [0.15, 0.2) is 0 Å². The molecule has 0 aliphatic carbocycles. The quantitative estimate of drug-likeness (QED) is 0.714. The highest BCUT2D eigenvalue weighted by Crippen LogP contribution is 2.22. The topological polar surface area (TPSA) is 80.5 Å². The Kier molecular flexibility index (Phi) is 3.73. The van der Waals surface area contributed by atoms with Gasteiger partial charge in [0, 0.05) is 19.1 Å². The van der Waals surface area contributed by atoms with E-state index in [-0.39, 0.29) is 17.7 Å². The lowest BCUT2D eigenvalue weighted by Gasteiger charge is -2.33. The van der Waals surface area contributed by atoms with E-state index in [4.69, 9.17) is 5.73 Å². The molecule has 2 fully saturated rings. The Balaban J connectivity index is 2.04. The Labute approximate surface area is 102 Å². The number of carbonyl (C=O) groups excluding carboxylic acids is 1. The van der Waals surface area contributed by atoms with Crippen LogP contribution in [0.25, 0.3) is 0 Å². The first-order valence-corrected chi connectivity index (χ1v) is 7.98. The van der Waals surface area contributed by atoms with Crippen LogP contribution >= 0.6 is 0 Å². The summed E-state index contributed by atoms with van der Waals surface area (Å²) in [4.78, 5) is 13.9. The standard InChI is InChI=1S/C11H20N2O3S/c12-9-4-6-13(7-5-9)11(14)10-3-1-2-8-17(10,15)16/h9-10H,1-8,12H2. The Morgan fingerprint density at radius 2 is 1.76 bits per heavy atom. The highest BCUT2D eigenvalue weighted by Gasteiger charge is 2.37. The summed E-state index contributed by atoms with van der Waals surface area (Å²) in [7, 11) is -3.21. The van der Waals surface area contributed by atoms with Gasteiger partial charge < -0.3 is 10.6 Å². The van der Waals surface area contributed by atoms with Crippen LogP contribution in [0.5, 0.6) is 0 Å². The summed E-state index contributed by atoms with van der Waals surface area (Å²) in [5, 5.41) is -0.787. The third-order valence-electron chi connectivity index (χ3n) is 3.71. The second-order valence-corrected chi connectivity index (χ2v) is 7.32. The molecule has 1 amide bonds. The molecular formula is C11H20N2O3S. The lowest BCUT2D eigenvalue weighted by Crippen LogP contribution is -2.49. The molecule has 0 saturated carbocycles. The van der Waals surface area contributed by atoms with Gasteiger partial charge in [-0.15, -0.1) is 0 Å². The molecular weight excluding hydrogens is 240 g/mol. The average Bonchev–Trinajstić information content (AvgIpc) is 2.28. The van der Waals surface area contributed by atoms with Gasteiger partial charge in [-0.2, -0.15) is 0 Å². The summed E-state index contributed by atoms with van der Waals surface area (Å²) >= 11 is 0. The second kappa shape index (κ2) is 4.94. The fourth-order valence-corrected chi connectivity index (χ4v) is 4.43. The van der Waals surface area contributed by atoms with Crippen molar-refractivity contribution in [2.24, 2.45) is 5.73 Å². The summed E-state index contributed by atoms with van der Waals surface area (Å²) in [6.07, 6.45) is 3.57. The fourth-order valence-electron chi connectivity index (χ4n) is 2.56. The predicted octanol–water partition coefficient (Wildman–Crippen LogP) is -0.0966. The third-order valence-corrected chi connectivity index (χ3v) is 5.87. The molecule has 2 rings (SSSR count). The van der Waals surface area contributed by atoms with Crippen molar-refractivity contribution in [1.29, 1.82) is 0 Å². The van der Waals surface area contributed by atoms with Crippen LogP contribution in [0.3, 0.4) is 0 Å². The lowest BCUT2D eigenvalue weighted by atomic mass is 10.1. The van der Waals surface area contributed by atoms with Crippen LogP contribution in [0.2, 0.25) is 0 Å². The molecule has 17 heavy (non-hydrogen) atoms. The molecule has 0 bridgehead atoms. The number of nitrogens with zero attached hydrogens (tertiary/aromatic N) is 1. The zero-order valence-corrected chi connectivity index (χ0v) is 10.8. The largest absolute Gasteiger partial charge is 0.341 e. The maximum Gasteiger partial charge on any atom is 0.240 e. The maximum absolute atomic E-state index is 12.2. The van der Waals surface area contributed by atoms with Gasteiger partial charge in [-0.05, 0) is 25.7 Å². The molecule has 0 aromatic carbocycles. The molecule has 0 spiro atoms. The van der Waals surface area contributed by atoms with E-state index in [0.717, 1.165) is 19.3 Å². The molecule has 1 atom stereocenters. The zero-order valence-electron chi connectivity index (χ0n) is 9.97. The van der Waals surface area contributed by atoms with Crippen LogP contribution in [-0.2, 0) is 14.6 Å². The number of amides is 1. The second-order valence-electron chi connectivity index (χ2n) is 5.01. The molecule has 2 heterocycles. The van der Waals surface area contributed by atoms with Gasteiger partial charge in [0.25, 0.3) is 0 Å². The van der Waals surface area contributed by atoms with E-state index in [0.29, 0.717) is 25.9 Å². The molecule has 0 aromatic heterocycles. The minimum atomic E-state index is -3.21. The van der Waals surface area contributed by atoms with Crippen LogP contribution in [0.1, 0.15) is 32.1 Å². The highest BCUT2D eigenvalue weighted by atomic mass is 32.2. The lowest BCUT2D eigenvalue weighted by molar-refractivity contribution is -0.131. The number of nitrogens with two attached hydrogens (primary N) is 1. The third kappa shape index (κ3) is 2.80. The van der Waals surface area contributed by atoms with Gasteiger partial charge in [0.05, 0.1) is 5.75 Å². The van der Waals surface area contributed by atoms with E-state index in [2.05, 4.69) is 0 Å². The van der Waals surface area contributed by atoms with Crippen LogP contribution in [-0.4, -0.2) is 49.4 Å². The van der Waals surface area contributed by atoms with Crippen molar-refractivity contribution in [1.82, 2.24) is 4.90 Å². The van der Waals surface area contributed by atoms with E-state index in [1.165, 1.54) is 0 Å². The molecule has 6 heteroatoms.